The molecule has 0 unspecified atom stereocenters. The van der Waals surface area contributed by atoms with Crippen LogP contribution in [0.3, 0.4) is 0 Å². The minimum absolute atomic E-state index is 0.0277. The average molecular weight is 316 g/mol. The molecule has 1 aromatic heterocycles. The van der Waals surface area contributed by atoms with Gasteiger partial charge in [0, 0.05) is 0 Å². The van der Waals surface area contributed by atoms with Crippen molar-refractivity contribution in [3.05, 3.63) is 34.1 Å². The second kappa shape index (κ2) is 5.85. The van der Waals surface area contributed by atoms with E-state index >= 15 is 0 Å². The second-order valence-electron chi connectivity index (χ2n) is 3.68. The molecule has 104 valence electrons. The highest BCUT2D eigenvalue weighted by Crippen LogP contribution is 2.31. The predicted octanol–water partition coefficient (Wildman–Crippen LogP) is 1.32. The lowest BCUT2D eigenvalue weighted by Gasteiger charge is -2.10. The van der Waals surface area contributed by atoms with Crippen LogP contribution in [-0.4, -0.2) is 37.2 Å². The van der Waals surface area contributed by atoms with Crippen LogP contribution in [0.25, 0.3) is 0 Å². The molecule has 0 fully saturated rings. The summed E-state index contributed by atoms with van der Waals surface area (Å²) in [6.07, 6.45) is 1.27. The van der Waals surface area contributed by atoms with Gasteiger partial charge in [0.25, 0.3) is 0 Å². The van der Waals surface area contributed by atoms with Crippen molar-refractivity contribution in [1.82, 2.24) is 20.2 Å². The Hall–Kier alpha value is -2.19. The Kier molecular flexibility index (Phi) is 4.16. The topological polar surface area (TPSA) is 110 Å². The van der Waals surface area contributed by atoms with Crippen LogP contribution in [0.15, 0.2) is 18.5 Å². The maximum absolute atomic E-state index is 11.7. The lowest BCUT2D eigenvalue weighted by Crippen LogP contribution is -2.19. The number of carboxylic acids is 1. The second-order valence-corrected chi connectivity index (χ2v) is 4.49. The molecular weight excluding hydrogens is 309 g/mol. The SMILES string of the molecule is O=C(Cn1cnnn1)Nc1c(Cl)cc(C(=O)O)cc1Cl. The molecule has 8 nitrogen and oxygen atoms in total. The van der Waals surface area contributed by atoms with Crippen LogP contribution in [-0.2, 0) is 11.3 Å². The van der Waals surface area contributed by atoms with E-state index in [1.807, 2.05) is 0 Å². The van der Waals surface area contributed by atoms with Crippen molar-refractivity contribution in [2.24, 2.45) is 0 Å². The van der Waals surface area contributed by atoms with Crippen LogP contribution in [0.2, 0.25) is 10.0 Å². The first kappa shape index (κ1) is 14.2. The fourth-order valence-corrected chi connectivity index (χ4v) is 1.98. The zero-order valence-electron chi connectivity index (χ0n) is 9.75. The van der Waals surface area contributed by atoms with Crippen molar-refractivity contribution in [1.29, 1.82) is 0 Å². The number of nitrogens with zero attached hydrogens (tertiary/aromatic N) is 4. The van der Waals surface area contributed by atoms with E-state index in [0.717, 1.165) is 0 Å². The lowest BCUT2D eigenvalue weighted by atomic mass is 10.2. The smallest absolute Gasteiger partial charge is 0.335 e. The highest BCUT2D eigenvalue weighted by atomic mass is 35.5. The van der Waals surface area contributed by atoms with E-state index in [4.69, 9.17) is 28.3 Å². The molecule has 0 saturated heterocycles. The highest BCUT2D eigenvalue weighted by molar-refractivity contribution is 6.40. The number of hydrogen-bond acceptors (Lipinski definition) is 5. The van der Waals surface area contributed by atoms with Gasteiger partial charge in [0.15, 0.2) is 0 Å². The number of benzene rings is 1. The molecule has 0 aliphatic heterocycles. The van der Waals surface area contributed by atoms with Gasteiger partial charge in [-0.15, -0.1) is 5.10 Å². The first-order valence-corrected chi connectivity index (χ1v) is 5.96. The Labute approximate surface area is 122 Å². The van der Waals surface area contributed by atoms with Crippen molar-refractivity contribution >= 4 is 40.8 Å². The summed E-state index contributed by atoms with van der Waals surface area (Å²) < 4.78 is 1.21. The van der Waals surface area contributed by atoms with Gasteiger partial charge in [0.2, 0.25) is 5.91 Å². The van der Waals surface area contributed by atoms with Crippen molar-refractivity contribution in [3.8, 4) is 0 Å². The van der Waals surface area contributed by atoms with Gasteiger partial charge in [-0.2, -0.15) is 0 Å². The van der Waals surface area contributed by atoms with E-state index in [0.29, 0.717) is 0 Å². The van der Waals surface area contributed by atoms with Gasteiger partial charge < -0.3 is 10.4 Å². The molecular formula is C10H7Cl2N5O3. The number of anilines is 1. The summed E-state index contributed by atoms with van der Waals surface area (Å²) in [4.78, 5) is 22.6. The van der Waals surface area contributed by atoms with Crippen LogP contribution < -0.4 is 5.32 Å². The molecule has 0 radical (unpaired) electrons. The monoisotopic (exact) mass is 315 g/mol. The molecule has 2 N–H and O–H groups in total. The molecule has 0 saturated carbocycles. The maximum Gasteiger partial charge on any atom is 0.335 e. The first-order valence-electron chi connectivity index (χ1n) is 5.20. The van der Waals surface area contributed by atoms with Crippen LogP contribution in [0.1, 0.15) is 10.4 Å². The number of aromatic nitrogens is 4. The number of aromatic carboxylic acids is 1. The predicted molar refractivity (Wildman–Crippen MR) is 69.9 cm³/mol. The summed E-state index contributed by atoms with van der Waals surface area (Å²) in [7, 11) is 0. The fraction of sp³-hybridized carbons (Fsp3) is 0.100. The van der Waals surface area contributed by atoms with Crippen LogP contribution >= 0.6 is 23.2 Å². The Morgan fingerprint density at radius 3 is 2.45 bits per heavy atom. The van der Waals surface area contributed by atoms with Gasteiger partial charge in [0.05, 0.1) is 21.3 Å². The molecule has 2 rings (SSSR count). The molecule has 2 aromatic rings. The average Bonchev–Trinajstić information content (AvgIpc) is 2.86. The third kappa shape index (κ3) is 3.22. The van der Waals surface area contributed by atoms with E-state index in [9.17, 15) is 9.59 Å². The van der Waals surface area contributed by atoms with Crippen LogP contribution in [0, 0.1) is 0 Å². The number of carbonyl (C=O) groups is 2. The lowest BCUT2D eigenvalue weighted by molar-refractivity contribution is -0.116. The minimum Gasteiger partial charge on any atom is -0.478 e. The Bertz CT molecular complexity index is 636. The molecule has 0 bridgehead atoms. The van der Waals surface area contributed by atoms with Crippen molar-refractivity contribution in [2.75, 3.05) is 5.32 Å². The summed E-state index contributed by atoms with van der Waals surface area (Å²) in [6, 6.07) is 2.39. The van der Waals surface area contributed by atoms with Gasteiger partial charge in [-0.05, 0) is 22.6 Å². The summed E-state index contributed by atoms with van der Waals surface area (Å²) in [5.74, 6) is -1.62. The van der Waals surface area contributed by atoms with E-state index in [2.05, 4.69) is 20.8 Å². The quantitative estimate of drug-likeness (QED) is 0.880. The standard InChI is InChI=1S/C10H7Cl2N5O3/c11-6-1-5(10(19)20)2-7(12)9(6)14-8(18)3-17-4-13-15-16-17/h1-2,4H,3H2,(H,14,18)(H,19,20). The summed E-state index contributed by atoms with van der Waals surface area (Å²) >= 11 is 11.8. The molecule has 20 heavy (non-hydrogen) atoms. The molecule has 0 aliphatic carbocycles. The number of nitrogens with one attached hydrogen (secondary N) is 1. The molecule has 1 aromatic carbocycles. The van der Waals surface area contributed by atoms with Gasteiger partial charge in [-0.25, -0.2) is 9.48 Å². The zero-order valence-corrected chi connectivity index (χ0v) is 11.3. The number of rotatable bonds is 4. The summed E-state index contributed by atoms with van der Waals surface area (Å²) in [5, 5.41) is 21.7. The van der Waals surface area contributed by atoms with E-state index in [1.165, 1.54) is 23.1 Å². The number of amides is 1. The first-order chi connectivity index (χ1) is 9.47. The number of carbonyl (C=O) groups excluding carboxylic acids is 1. The Morgan fingerprint density at radius 2 is 1.95 bits per heavy atom. The Morgan fingerprint density at radius 1 is 1.30 bits per heavy atom. The third-order valence-electron chi connectivity index (χ3n) is 2.25. The molecule has 1 amide bonds. The van der Waals surface area contributed by atoms with Gasteiger partial charge in [-0.1, -0.05) is 23.2 Å². The van der Waals surface area contributed by atoms with Crippen molar-refractivity contribution in [3.63, 3.8) is 0 Å². The number of carboxylic acid groups (broad SMARTS) is 1. The van der Waals surface area contributed by atoms with Crippen molar-refractivity contribution in [2.45, 2.75) is 6.54 Å². The molecule has 10 heteroatoms. The molecule has 0 aliphatic rings. The molecule has 1 heterocycles. The van der Waals surface area contributed by atoms with E-state index < -0.39 is 11.9 Å². The summed E-state index contributed by atoms with van der Waals surface area (Å²) in [6.45, 7) is -0.125. The van der Waals surface area contributed by atoms with Crippen molar-refractivity contribution < 1.29 is 14.7 Å². The van der Waals surface area contributed by atoms with Gasteiger partial charge in [0.1, 0.15) is 12.9 Å². The molecule has 0 atom stereocenters. The molecule has 0 spiro atoms. The fourth-order valence-electron chi connectivity index (χ4n) is 1.39. The summed E-state index contributed by atoms with van der Waals surface area (Å²) in [5.41, 5.74) is 0.0647. The Balaban J connectivity index is 2.17. The number of halogens is 2. The number of hydrogen-bond donors (Lipinski definition) is 2. The van der Waals surface area contributed by atoms with Crippen LogP contribution in [0.5, 0.6) is 0 Å². The largest absolute Gasteiger partial charge is 0.478 e. The van der Waals surface area contributed by atoms with Crippen LogP contribution in [0.4, 0.5) is 5.69 Å². The highest BCUT2D eigenvalue weighted by Gasteiger charge is 2.14. The minimum atomic E-state index is -1.17. The van der Waals surface area contributed by atoms with E-state index in [-0.39, 0.29) is 27.8 Å². The maximum atomic E-state index is 11.7. The normalized spacial score (nSPS) is 10.3. The number of tetrazole rings is 1. The zero-order chi connectivity index (χ0) is 14.7. The van der Waals surface area contributed by atoms with Gasteiger partial charge in [-0.3, -0.25) is 4.79 Å². The van der Waals surface area contributed by atoms with E-state index in [1.54, 1.807) is 0 Å². The third-order valence-corrected chi connectivity index (χ3v) is 2.85. The van der Waals surface area contributed by atoms with Gasteiger partial charge >= 0.3 is 5.97 Å².